The molecule has 4 atom stereocenters. The van der Waals surface area contributed by atoms with Gasteiger partial charge in [-0.1, -0.05) is 41.9 Å². The van der Waals surface area contributed by atoms with E-state index < -0.39 is 31.6 Å². The molecule has 3 heterocycles. The number of anilines is 2. The third-order valence-corrected chi connectivity index (χ3v) is 10.1. The molecule has 2 aliphatic rings. The van der Waals surface area contributed by atoms with Crippen LogP contribution in [0, 0.1) is 5.92 Å². The van der Waals surface area contributed by atoms with E-state index in [1.165, 1.54) is 0 Å². The second kappa shape index (κ2) is 9.37. The lowest BCUT2D eigenvalue weighted by Crippen LogP contribution is -2.44. The van der Waals surface area contributed by atoms with Gasteiger partial charge in [0.25, 0.3) is 5.91 Å². The van der Waals surface area contributed by atoms with Crippen molar-refractivity contribution < 1.29 is 18.7 Å². The van der Waals surface area contributed by atoms with Gasteiger partial charge in [0.1, 0.15) is 0 Å². The predicted octanol–water partition coefficient (Wildman–Crippen LogP) is 5.01. The molecule has 1 saturated heterocycles. The van der Waals surface area contributed by atoms with E-state index in [0.717, 1.165) is 5.69 Å². The minimum Gasteiger partial charge on any atom is -0.396 e. The van der Waals surface area contributed by atoms with E-state index in [2.05, 4.69) is 10.3 Å². The van der Waals surface area contributed by atoms with Crippen molar-refractivity contribution in [1.29, 1.82) is 0 Å². The van der Waals surface area contributed by atoms with Gasteiger partial charge in [-0.25, -0.2) is 0 Å². The number of benzene rings is 2. The summed E-state index contributed by atoms with van der Waals surface area (Å²) in [5, 5.41) is 17.9. The van der Waals surface area contributed by atoms with Crippen LogP contribution in [0.1, 0.15) is 24.6 Å². The van der Waals surface area contributed by atoms with E-state index in [1.807, 2.05) is 43.3 Å². The van der Waals surface area contributed by atoms with Gasteiger partial charge >= 0.3 is 0 Å². The Morgan fingerprint density at radius 2 is 1.97 bits per heavy atom. The zero-order chi connectivity index (χ0) is 25.7. The third-order valence-electron chi connectivity index (χ3n) is 7.44. The summed E-state index contributed by atoms with van der Waals surface area (Å²) in [4.78, 5) is 15.9. The molecule has 10 heteroatoms. The first-order valence-corrected chi connectivity index (χ1v) is 15.6. The van der Waals surface area contributed by atoms with Crippen molar-refractivity contribution in [3.63, 3.8) is 0 Å². The number of halogens is 2. The summed E-state index contributed by atoms with van der Waals surface area (Å²) in [5.74, 6) is -0.608. The fourth-order valence-corrected chi connectivity index (χ4v) is 8.70. The molecule has 2 aromatic carbocycles. The quantitative estimate of drug-likeness (QED) is 0.344. The van der Waals surface area contributed by atoms with Crippen molar-refractivity contribution in [1.82, 2.24) is 15.0 Å². The average molecular weight is 529 g/mol. The standard InChI is InChI=1S/C26H30ClFN4O3Si/c1-17-24(36(2,3)28)23(11-13-31-16-19(12-14-33)29-30-31)35-26(17)21-15-18(27)9-10-22(21)32(25(26)34)20-7-5-4-6-8-20/h4-10,15-17,23-24,33H,11-14H2,1-3H3/t17-,23+,24-,26+/m1/s1. The Morgan fingerprint density at radius 3 is 2.67 bits per heavy atom. The van der Waals surface area contributed by atoms with Crippen LogP contribution in [-0.4, -0.2) is 47.1 Å². The van der Waals surface area contributed by atoms with Crippen LogP contribution in [0.15, 0.2) is 54.7 Å². The topological polar surface area (TPSA) is 80.5 Å². The van der Waals surface area contributed by atoms with Gasteiger partial charge in [0.15, 0.2) is 5.60 Å². The number of aryl methyl sites for hydroxylation is 1. The summed E-state index contributed by atoms with van der Waals surface area (Å²) in [6.07, 6.45) is 2.20. The van der Waals surface area contributed by atoms with Crippen LogP contribution < -0.4 is 4.90 Å². The van der Waals surface area contributed by atoms with Gasteiger partial charge in [-0.2, -0.15) is 0 Å². The van der Waals surface area contributed by atoms with E-state index in [-0.39, 0.29) is 12.5 Å². The zero-order valence-electron chi connectivity index (χ0n) is 20.6. The molecule has 190 valence electrons. The molecule has 2 aliphatic heterocycles. The number of hydrogen-bond donors (Lipinski definition) is 1. The second-order valence-corrected chi connectivity index (χ2v) is 14.4. The van der Waals surface area contributed by atoms with Crippen LogP contribution in [0.3, 0.4) is 0 Å². The molecule has 0 aliphatic carbocycles. The van der Waals surface area contributed by atoms with E-state index in [1.54, 1.807) is 41.0 Å². The molecule has 1 aromatic heterocycles. The number of aromatic nitrogens is 3. The van der Waals surface area contributed by atoms with Crippen LogP contribution in [-0.2, 0) is 28.1 Å². The van der Waals surface area contributed by atoms with Gasteiger partial charge in [0.05, 0.1) is 17.5 Å². The summed E-state index contributed by atoms with van der Waals surface area (Å²) in [7, 11) is -3.26. The minimum atomic E-state index is -3.26. The lowest BCUT2D eigenvalue weighted by atomic mass is 9.82. The Labute approximate surface area is 216 Å². The number of ether oxygens (including phenoxy) is 1. The number of para-hydroxylation sites is 1. The number of aliphatic hydroxyl groups excluding tert-OH is 1. The van der Waals surface area contributed by atoms with Gasteiger partial charge in [-0.3, -0.25) is 14.4 Å². The van der Waals surface area contributed by atoms with Gasteiger partial charge < -0.3 is 14.0 Å². The van der Waals surface area contributed by atoms with E-state index in [0.29, 0.717) is 41.4 Å². The Bertz CT molecular complexity index is 1270. The SMILES string of the molecule is C[C@@H]1[C@@H]([Si](C)(C)F)[C@H](CCn2cc(CCO)nn2)O[C@@]12C(=O)N(c1ccccc1)c1ccc(Cl)cc12. The van der Waals surface area contributed by atoms with Crippen molar-refractivity contribution in [3.05, 3.63) is 71.0 Å². The number of carbonyl (C=O) groups excluding carboxylic acids is 1. The summed E-state index contributed by atoms with van der Waals surface area (Å²) in [6.45, 7) is 5.77. The Balaban J connectivity index is 1.54. The molecule has 5 rings (SSSR count). The van der Waals surface area contributed by atoms with Crippen molar-refractivity contribution in [2.75, 3.05) is 11.5 Å². The fraction of sp³-hybridized carbons (Fsp3) is 0.423. The van der Waals surface area contributed by atoms with Gasteiger partial charge in [-0.15, -0.1) is 5.10 Å². The molecule has 0 unspecified atom stereocenters. The molecule has 1 amide bonds. The highest BCUT2D eigenvalue weighted by Gasteiger charge is 2.66. The van der Waals surface area contributed by atoms with Crippen LogP contribution in [0.4, 0.5) is 15.5 Å². The monoisotopic (exact) mass is 528 g/mol. The van der Waals surface area contributed by atoms with Crippen LogP contribution >= 0.6 is 11.6 Å². The van der Waals surface area contributed by atoms with Gasteiger partial charge in [0, 0.05) is 53.5 Å². The number of nitrogens with zero attached hydrogens (tertiary/aromatic N) is 4. The first-order chi connectivity index (χ1) is 17.2. The van der Waals surface area contributed by atoms with E-state index >= 15 is 4.11 Å². The highest BCUT2D eigenvalue weighted by Crippen LogP contribution is 2.61. The summed E-state index contributed by atoms with van der Waals surface area (Å²) < 4.78 is 24.3. The second-order valence-electron chi connectivity index (χ2n) is 10.1. The molecular weight excluding hydrogens is 499 g/mol. The van der Waals surface area contributed by atoms with Crippen LogP contribution in [0.5, 0.6) is 0 Å². The number of rotatable bonds is 7. The van der Waals surface area contributed by atoms with Crippen LogP contribution in [0.2, 0.25) is 23.7 Å². The molecule has 7 nitrogen and oxygen atoms in total. The summed E-state index contributed by atoms with van der Waals surface area (Å²) in [5.41, 5.74) is 1.09. The number of aliphatic hydroxyl groups is 1. The van der Waals surface area contributed by atoms with Crippen molar-refractivity contribution in [3.8, 4) is 0 Å². The maximum absolute atomic E-state index is 15.9. The molecule has 1 N–H and O–H groups in total. The number of carbonyl (C=O) groups is 1. The maximum atomic E-state index is 15.9. The predicted molar refractivity (Wildman–Crippen MR) is 139 cm³/mol. The number of fused-ring (bicyclic) bond motifs is 2. The maximum Gasteiger partial charge on any atom is 0.268 e. The molecule has 0 saturated carbocycles. The Kier molecular flexibility index (Phi) is 6.53. The first kappa shape index (κ1) is 25.1. The Hall–Kier alpha value is -2.59. The van der Waals surface area contributed by atoms with Crippen molar-refractivity contribution in [2.45, 2.75) is 56.7 Å². The van der Waals surface area contributed by atoms with Gasteiger partial charge in [0.2, 0.25) is 8.41 Å². The molecule has 36 heavy (non-hydrogen) atoms. The number of hydrogen-bond acceptors (Lipinski definition) is 5. The zero-order valence-corrected chi connectivity index (χ0v) is 22.3. The molecule has 1 spiro atoms. The molecule has 0 bridgehead atoms. The summed E-state index contributed by atoms with van der Waals surface area (Å²) >= 11 is 6.42. The van der Waals surface area contributed by atoms with E-state index in [4.69, 9.17) is 21.4 Å². The first-order valence-electron chi connectivity index (χ1n) is 12.2. The largest absolute Gasteiger partial charge is 0.396 e. The molecule has 0 radical (unpaired) electrons. The fourth-order valence-electron chi connectivity index (χ4n) is 5.98. The lowest BCUT2D eigenvalue weighted by molar-refractivity contribution is -0.145. The minimum absolute atomic E-state index is 0.00380. The third kappa shape index (κ3) is 4.08. The Morgan fingerprint density at radius 1 is 1.22 bits per heavy atom. The smallest absolute Gasteiger partial charge is 0.268 e. The summed E-state index contributed by atoms with van der Waals surface area (Å²) in [6, 6.07) is 14.8. The average Bonchev–Trinajstić information content (AvgIpc) is 3.47. The highest BCUT2D eigenvalue weighted by atomic mass is 35.5. The van der Waals surface area contributed by atoms with Crippen LogP contribution in [0.25, 0.3) is 0 Å². The molecular formula is C26H30ClFN4O3Si. The van der Waals surface area contributed by atoms with Gasteiger partial charge in [-0.05, 0) is 49.8 Å². The van der Waals surface area contributed by atoms with Crippen molar-refractivity contribution >= 4 is 37.3 Å². The lowest BCUT2D eigenvalue weighted by Gasteiger charge is -2.31. The number of amides is 1. The normalized spacial score (nSPS) is 25.7. The van der Waals surface area contributed by atoms with Crippen molar-refractivity contribution in [2.24, 2.45) is 5.92 Å². The molecule has 1 fully saturated rings. The molecule has 3 aromatic rings. The van der Waals surface area contributed by atoms with E-state index in [9.17, 15) is 4.79 Å². The highest BCUT2D eigenvalue weighted by molar-refractivity contribution is 6.72.